The van der Waals surface area contributed by atoms with Gasteiger partial charge in [0.25, 0.3) is 5.56 Å². The van der Waals surface area contributed by atoms with Crippen molar-refractivity contribution in [3.63, 3.8) is 0 Å². The highest BCUT2D eigenvalue weighted by molar-refractivity contribution is 5.92. The maximum Gasteiger partial charge on any atom is 0.339 e. The third-order valence-corrected chi connectivity index (χ3v) is 4.38. The Hall–Kier alpha value is -2.17. The molecule has 5 heteroatoms. The molecule has 1 unspecified atom stereocenters. The quantitative estimate of drug-likeness (QED) is 0.862. The van der Waals surface area contributed by atoms with Gasteiger partial charge in [0.2, 0.25) is 0 Å². The number of aromatic amines is 1. The van der Waals surface area contributed by atoms with E-state index in [-0.39, 0.29) is 11.5 Å². The number of rotatable bonds is 5. The number of aromatic nitrogens is 2. The number of aryl methyl sites for hydroxylation is 1. The molecule has 0 aliphatic heterocycles. The smallest absolute Gasteiger partial charge is 0.339 e. The van der Waals surface area contributed by atoms with Crippen LogP contribution in [0.15, 0.2) is 23.1 Å². The number of hydrogen-bond donors (Lipinski definition) is 1. The fourth-order valence-corrected chi connectivity index (χ4v) is 2.69. The number of ether oxygens (including phenoxy) is 1. The maximum absolute atomic E-state index is 12.0. The molecule has 116 valence electrons. The van der Waals surface area contributed by atoms with Gasteiger partial charge in [-0.2, -0.15) is 0 Å². The molecule has 22 heavy (non-hydrogen) atoms. The van der Waals surface area contributed by atoms with E-state index >= 15 is 0 Å². The van der Waals surface area contributed by atoms with Gasteiger partial charge in [0, 0.05) is 11.8 Å². The largest absolute Gasteiger partial charge is 0.462 e. The maximum atomic E-state index is 12.0. The zero-order valence-corrected chi connectivity index (χ0v) is 12.9. The van der Waals surface area contributed by atoms with E-state index in [0.29, 0.717) is 41.1 Å². The summed E-state index contributed by atoms with van der Waals surface area (Å²) in [6.07, 6.45) is 4.30. The minimum absolute atomic E-state index is 0.134. The Labute approximate surface area is 128 Å². The van der Waals surface area contributed by atoms with Crippen molar-refractivity contribution in [2.75, 3.05) is 6.61 Å². The number of fused-ring (bicyclic) bond motifs is 1. The average molecular weight is 300 g/mol. The topological polar surface area (TPSA) is 72.0 Å². The number of nitrogens with one attached hydrogen (secondary N) is 1. The van der Waals surface area contributed by atoms with Gasteiger partial charge in [0.15, 0.2) is 0 Å². The lowest BCUT2D eigenvalue weighted by molar-refractivity contribution is 0.0493. The van der Waals surface area contributed by atoms with Crippen molar-refractivity contribution in [3.8, 4) is 0 Å². The summed E-state index contributed by atoms with van der Waals surface area (Å²) in [7, 11) is 0. The van der Waals surface area contributed by atoms with Gasteiger partial charge in [-0.1, -0.05) is 13.8 Å². The van der Waals surface area contributed by atoms with Gasteiger partial charge in [-0.05, 0) is 43.2 Å². The number of carbonyl (C=O) groups is 1. The first-order chi connectivity index (χ1) is 10.6. The molecule has 0 aromatic carbocycles. The molecule has 2 heterocycles. The lowest BCUT2D eigenvalue weighted by atomic mass is 10.1. The van der Waals surface area contributed by atoms with E-state index in [1.807, 2.05) is 6.92 Å². The van der Waals surface area contributed by atoms with Gasteiger partial charge >= 0.3 is 5.97 Å². The number of H-pyrrole nitrogens is 1. The number of carbonyl (C=O) groups excluding carboxylic acids is 1. The molecule has 0 radical (unpaired) electrons. The van der Waals surface area contributed by atoms with Crippen LogP contribution in [-0.2, 0) is 11.2 Å². The molecule has 2 atom stereocenters. The van der Waals surface area contributed by atoms with Crippen molar-refractivity contribution in [1.29, 1.82) is 0 Å². The highest BCUT2D eigenvalue weighted by Gasteiger charge is 2.32. The highest BCUT2D eigenvalue weighted by Crippen LogP contribution is 2.40. The van der Waals surface area contributed by atoms with Gasteiger partial charge in [-0.3, -0.25) is 9.78 Å². The van der Waals surface area contributed by atoms with Crippen LogP contribution in [0.3, 0.4) is 0 Å². The highest BCUT2D eigenvalue weighted by atomic mass is 16.5. The Balaban J connectivity index is 1.73. The van der Waals surface area contributed by atoms with Gasteiger partial charge in [0.05, 0.1) is 23.2 Å². The summed E-state index contributed by atoms with van der Waals surface area (Å²) in [5, 5.41) is 0. The van der Waals surface area contributed by atoms with Crippen LogP contribution in [0.1, 0.15) is 42.6 Å². The molecule has 1 saturated carbocycles. The SMILES string of the molecule is CCc1cc2ncc(C(=O)OCC[C@H]3CC3C)cc2[nH]c1=O. The van der Waals surface area contributed by atoms with E-state index in [1.165, 1.54) is 12.6 Å². The number of hydrogen-bond acceptors (Lipinski definition) is 4. The van der Waals surface area contributed by atoms with Crippen molar-refractivity contribution in [1.82, 2.24) is 9.97 Å². The molecule has 0 saturated heterocycles. The normalized spacial score (nSPS) is 20.1. The minimum Gasteiger partial charge on any atom is -0.462 e. The first-order valence-electron chi connectivity index (χ1n) is 7.77. The summed E-state index contributed by atoms with van der Waals surface area (Å²) in [5.74, 6) is 1.08. The van der Waals surface area contributed by atoms with Crippen LogP contribution in [0.2, 0.25) is 0 Å². The minimum atomic E-state index is -0.386. The van der Waals surface area contributed by atoms with Crippen LogP contribution < -0.4 is 5.56 Å². The Morgan fingerprint density at radius 3 is 2.91 bits per heavy atom. The van der Waals surface area contributed by atoms with E-state index in [2.05, 4.69) is 16.9 Å². The van der Waals surface area contributed by atoms with Crippen molar-refractivity contribution in [3.05, 3.63) is 39.8 Å². The Morgan fingerprint density at radius 2 is 2.23 bits per heavy atom. The molecular weight excluding hydrogens is 280 g/mol. The molecule has 1 aliphatic rings. The predicted molar refractivity (Wildman–Crippen MR) is 83.9 cm³/mol. The Kier molecular flexibility index (Phi) is 3.96. The third-order valence-electron chi connectivity index (χ3n) is 4.38. The summed E-state index contributed by atoms with van der Waals surface area (Å²) in [5.41, 5.74) is 2.17. The summed E-state index contributed by atoms with van der Waals surface area (Å²) < 4.78 is 5.28. The molecule has 0 spiro atoms. The zero-order valence-electron chi connectivity index (χ0n) is 12.9. The fraction of sp³-hybridized carbons (Fsp3) is 0.471. The first-order valence-corrected chi connectivity index (χ1v) is 7.77. The number of esters is 1. The summed E-state index contributed by atoms with van der Waals surface area (Å²) in [4.78, 5) is 30.9. The van der Waals surface area contributed by atoms with E-state index in [4.69, 9.17) is 4.74 Å². The average Bonchev–Trinajstić information content (AvgIpc) is 3.21. The van der Waals surface area contributed by atoms with Gasteiger partial charge in [-0.25, -0.2) is 4.79 Å². The molecule has 0 bridgehead atoms. The van der Waals surface area contributed by atoms with Gasteiger partial charge in [-0.15, -0.1) is 0 Å². The molecule has 5 nitrogen and oxygen atoms in total. The van der Waals surface area contributed by atoms with Crippen LogP contribution in [0.5, 0.6) is 0 Å². The first kappa shape index (κ1) is 14.8. The van der Waals surface area contributed by atoms with E-state index in [1.54, 1.807) is 12.1 Å². The monoisotopic (exact) mass is 300 g/mol. The summed E-state index contributed by atoms with van der Waals surface area (Å²) in [6, 6.07) is 3.39. The summed E-state index contributed by atoms with van der Waals surface area (Å²) in [6.45, 7) is 4.57. The lowest BCUT2D eigenvalue weighted by Gasteiger charge is -2.06. The second kappa shape index (κ2) is 5.91. The molecule has 1 aliphatic carbocycles. The van der Waals surface area contributed by atoms with Crippen LogP contribution >= 0.6 is 0 Å². The van der Waals surface area contributed by atoms with Crippen LogP contribution in [0.25, 0.3) is 11.0 Å². The molecule has 1 N–H and O–H groups in total. The van der Waals surface area contributed by atoms with Gasteiger partial charge < -0.3 is 9.72 Å². The summed E-state index contributed by atoms with van der Waals surface area (Å²) >= 11 is 0. The van der Waals surface area contributed by atoms with Crippen molar-refractivity contribution in [2.24, 2.45) is 11.8 Å². The van der Waals surface area contributed by atoms with Crippen molar-refractivity contribution < 1.29 is 9.53 Å². The van der Waals surface area contributed by atoms with Crippen molar-refractivity contribution in [2.45, 2.75) is 33.1 Å². The molecule has 0 amide bonds. The lowest BCUT2D eigenvalue weighted by Crippen LogP contribution is -2.13. The van der Waals surface area contributed by atoms with Crippen molar-refractivity contribution >= 4 is 17.0 Å². The van der Waals surface area contributed by atoms with Gasteiger partial charge in [0.1, 0.15) is 0 Å². The third kappa shape index (κ3) is 3.03. The molecule has 2 aromatic rings. The molecular formula is C17H20N2O3. The second-order valence-corrected chi connectivity index (χ2v) is 6.03. The van der Waals surface area contributed by atoms with E-state index in [0.717, 1.165) is 12.3 Å². The number of nitrogens with zero attached hydrogens (tertiary/aromatic N) is 1. The molecule has 1 fully saturated rings. The number of pyridine rings is 2. The predicted octanol–water partition coefficient (Wildman–Crippen LogP) is 2.69. The van der Waals surface area contributed by atoms with Crippen LogP contribution in [0, 0.1) is 11.8 Å². The zero-order chi connectivity index (χ0) is 15.7. The van der Waals surface area contributed by atoms with E-state index in [9.17, 15) is 9.59 Å². The standard InChI is InChI=1S/C17H20N2O3/c1-3-11-7-14-15(19-16(11)20)8-13(9-18-14)17(21)22-5-4-12-6-10(12)2/h7-10,12H,3-6H2,1-2H3,(H,19,20)/t10?,12-/m0/s1. The van der Waals surface area contributed by atoms with Crippen LogP contribution in [0.4, 0.5) is 0 Å². The molecule has 3 rings (SSSR count). The second-order valence-electron chi connectivity index (χ2n) is 6.03. The Morgan fingerprint density at radius 1 is 1.45 bits per heavy atom. The van der Waals surface area contributed by atoms with E-state index < -0.39 is 0 Å². The Bertz CT molecular complexity index is 766. The fourth-order valence-electron chi connectivity index (χ4n) is 2.69. The molecule has 2 aromatic heterocycles. The van der Waals surface area contributed by atoms with Crippen LogP contribution in [-0.4, -0.2) is 22.5 Å².